The second kappa shape index (κ2) is 4.88. The second-order valence-electron chi connectivity index (χ2n) is 7.50. The van der Waals surface area contributed by atoms with Gasteiger partial charge in [-0.3, -0.25) is 0 Å². The first kappa shape index (κ1) is 16.1. The van der Waals surface area contributed by atoms with Crippen molar-refractivity contribution < 1.29 is 23.7 Å². The normalized spacial score (nSPS) is 36.2. The van der Waals surface area contributed by atoms with Gasteiger partial charge in [0.25, 0.3) is 0 Å². The van der Waals surface area contributed by atoms with Crippen LogP contribution in [-0.4, -0.2) is 50.0 Å². The molecular formula is C14H26O5Si. The van der Waals surface area contributed by atoms with E-state index in [1.165, 1.54) is 0 Å². The summed E-state index contributed by atoms with van der Waals surface area (Å²) in [5.74, 6) is -1.39. The summed E-state index contributed by atoms with van der Waals surface area (Å²) in [4.78, 5) is 12.6. The quantitative estimate of drug-likeness (QED) is 0.747. The fraction of sp³-hybridized carbons (Fsp3) is 0.929. The van der Waals surface area contributed by atoms with E-state index in [2.05, 4.69) is 0 Å². The molecule has 0 N–H and O–H groups in total. The van der Waals surface area contributed by atoms with Crippen molar-refractivity contribution in [1.29, 1.82) is 0 Å². The Morgan fingerprint density at radius 2 is 1.60 bits per heavy atom. The van der Waals surface area contributed by atoms with Gasteiger partial charge >= 0.3 is 0 Å². The molecule has 2 heterocycles. The zero-order valence-corrected chi connectivity index (χ0v) is 14.5. The van der Waals surface area contributed by atoms with E-state index in [0.29, 0.717) is 6.61 Å². The molecular weight excluding hydrogens is 276 g/mol. The van der Waals surface area contributed by atoms with Crippen molar-refractivity contribution in [2.45, 2.75) is 77.2 Å². The largest absolute Gasteiger partial charge is 0.348 e. The molecule has 0 amide bonds. The zero-order chi connectivity index (χ0) is 15.3. The van der Waals surface area contributed by atoms with Crippen molar-refractivity contribution in [2.24, 2.45) is 0 Å². The van der Waals surface area contributed by atoms with E-state index in [-0.39, 0.29) is 11.5 Å². The van der Waals surface area contributed by atoms with Crippen molar-refractivity contribution in [1.82, 2.24) is 0 Å². The minimum absolute atomic E-state index is 0.168. The topological polar surface area (TPSA) is 54.0 Å². The number of hydrogen-bond acceptors (Lipinski definition) is 5. The first-order chi connectivity index (χ1) is 8.91. The van der Waals surface area contributed by atoms with Crippen molar-refractivity contribution in [3.05, 3.63) is 0 Å². The molecule has 0 spiro atoms. The Hall–Kier alpha value is -0.273. The molecule has 0 aromatic carbocycles. The van der Waals surface area contributed by atoms with E-state index in [4.69, 9.17) is 18.9 Å². The van der Waals surface area contributed by atoms with Crippen LogP contribution in [0.5, 0.6) is 0 Å². The minimum Gasteiger partial charge on any atom is -0.348 e. The number of hydrogen-bond donors (Lipinski definition) is 0. The van der Waals surface area contributed by atoms with Gasteiger partial charge in [0.05, 0.1) is 6.61 Å². The number of rotatable bonds is 3. The fourth-order valence-corrected chi connectivity index (χ4v) is 3.64. The van der Waals surface area contributed by atoms with Crippen molar-refractivity contribution >= 4 is 13.5 Å². The van der Waals surface area contributed by atoms with Gasteiger partial charge < -0.3 is 23.7 Å². The van der Waals surface area contributed by atoms with E-state index in [1.807, 2.05) is 47.3 Å². The summed E-state index contributed by atoms with van der Waals surface area (Å²) < 4.78 is 23.2. The molecule has 0 unspecified atom stereocenters. The lowest BCUT2D eigenvalue weighted by molar-refractivity contribution is -0.174. The van der Waals surface area contributed by atoms with E-state index in [0.717, 1.165) is 0 Å². The van der Waals surface area contributed by atoms with Gasteiger partial charge in [0, 0.05) is 0 Å². The van der Waals surface area contributed by atoms with Crippen LogP contribution in [-0.2, 0) is 23.7 Å². The molecule has 2 rings (SSSR count). The van der Waals surface area contributed by atoms with Crippen molar-refractivity contribution in [3.63, 3.8) is 0 Å². The highest BCUT2D eigenvalue weighted by Gasteiger charge is 2.53. The molecule has 5 nitrogen and oxygen atoms in total. The van der Waals surface area contributed by atoms with Crippen molar-refractivity contribution in [2.75, 3.05) is 6.61 Å². The predicted molar refractivity (Wildman–Crippen MR) is 77.1 cm³/mol. The standard InChI is InChI=1S/C14H26O5Si/c1-13(2)16-8-9(17-13)10-11(12(15)20(5,6)7)19-14(3,4)18-10/h9-11H,8H2,1-7H3/t9-,10-,11+/m1/s1. The van der Waals surface area contributed by atoms with Gasteiger partial charge in [0.1, 0.15) is 31.8 Å². The number of ether oxygens (including phenoxy) is 4. The molecule has 116 valence electrons. The SMILES string of the molecule is CC1(C)O[C@H]([C@H]2COC(C)(C)O2)[C@@H](C(=O)[Si](C)(C)C)O1. The highest BCUT2D eigenvalue weighted by Crippen LogP contribution is 2.36. The molecule has 0 bridgehead atoms. The molecule has 0 saturated carbocycles. The lowest BCUT2D eigenvalue weighted by Gasteiger charge is -2.26. The highest BCUT2D eigenvalue weighted by atomic mass is 28.3. The smallest absolute Gasteiger partial charge is 0.164 e. The first-order valence-corrected chi connectivity index (χ1v) is 10.6. The van der Waals surface area contributed by atoms with Crippen LogP contribution >= 0.6 is 0 Å². The highest BCUT2D eigenvalue weighted by molar-refractivity contribution is 7.04. The molecule has 2 aliphatic rings. The van der Waals surface area contributed by atoms with Crippen LogP contribution in [0, 0.1) is 0 Å². The summed E-state index contributed by atoms with van der Waals surface area (Å²) in [5.41, 5.74) is 0. The van der Waals surface area contributed by atoms with E-state index >= 15 is 0 Å². The summed E-state index contributed by atoms with van der Waals surface area (Å²) >= 11 is 0. The molecule has 2 fully saturated rings. The van der Waals surface area contributed by atoms with Gasteiger partial charge in [-0.2, -0.15) is 0 Å². The summed E-state index contributed by atoms with van der Waals surface area (Å²) in [5, 5.41) is 0.168. The van der Waals surface area contributed by atoms with Crippen LogP contribution in [0.25, 0.3) is 0 Å². The molecule has 2 aliphatic heterocycles. The maximum atomic E-state index is 12.6. The fourth-order valence-electron chi connectivity index (χ4n) is 2.57. The lowest BCUT2D eigenvalue weighted by Crippen LogP contribution is -2.50. The van der Waals surface area contributed by atoms with Gasteiger partial charge in [0.15, 0.2) is 11.6 Å². The van der Waals surface area contributed by atoms with Crippen LogP contribution in [0.3, 0.4) is 0 Å². The van der Waals surface area contributed by atoms with Crippen LogP contribution < -0.4 is 0 Å². The third-order valence-electron chi connectivity index (χ3n) is 3.52. The summed E-state index contributed by atoms with van der Waals surface area (Å²) in [6.07, 6.45) is -1.22. The Morgan fingerprint density at radius 3 is 2.05 bits per heavy atom. The molecule has 0 aromatic heterocycles. The molecule has 3 atom stereocenters. The molecule has 0 aliphatic carbocycles. The van der Waals surface area contributed by atoms with Crippen LogP contribution in [0.15, 0.2) is 0 Å². The van der Waals surface area contributed by atoms with Crippen LogP contribution in [0.4, 0.5) is 0 Å². The van der Waals surface area contributed by atoms with E-state index < -0.39 is 31.9 Å². The van der Waals surface area contributed by atoms with Crippen LogP contribution in [0.1, 0.15) is 27.7 Å². The van der Waals surface area contributed by atoms with Gasteiger partial charge in [0.2, 0.25) is 0 Å². The summed E-state index contributed by atoms with van der Waals surface area (Å²) in [7, 11) is -1.96. The monoisotopic (exact) mass is 302 g/mol. The van der Waals surface area contributed by atoms with E-state index in [1.54, 1.807) is 0 Å². The maximum absolute atomic E-state index is 12.6. The average Bonchev–Trinajstić information content (AvgIpc) is 2.75. The Kier molecular flexibility index (Phi) is 3.93. The molecule has 0 aromatic rings. The van der Waals surface area contributed by atoms with Gasteiger partial charge in [-0.15, -0.1) is 0 Å². The molecule has 2 saturated heterocycles. The summed E-state index contributed by atoms with van der Waals surface area (Å²) in [6, 6.07) is 0. The molecule has 0 radical (unpaired) electrons. The average molecular weight is 302 g/mol. The molecule has 20 heavy (non-hydrogen) atoms. The molecule has 6 heteroatoms. The predicted octanol–water partition coefficient (Wildman–Crippen LogP) is 2.10. The number of carbonyl (C=O) groups excluding carboxylic acids is 1. The second-order valence-corrected chi connectivity index (χ2v) is 12.5. The summed E-state index contributed by atoms with van der Waals surface area (Å²) in [6.45, 7) is 13.9. The number of carbonyl (C=O) groups is 1. The Balaban J connectivity index is 2.19. The first-order valence-electron chi connectivity index (χ1n) is 7.13. The Labute approximate surface area is 121 Å². The third-order valence-corrected chi connectivity index (χ3v) is 5.29. The van der Waals surface area contributed by atoms with Crippen molar-refractivity contribution in [3.8, 4) is 0 Å². The zero-order valence-electron chi connectivity index (χ0n) is 13.5. The van der Waals surface area contributed by atoms with Gasteiger partial charge in [-0.25, -0.2) is 0 Å². The Bertz CT molecular complexity index is 399. The Morgan fingerprint density at radius 1 is 1.00 bits per heavy atom. The van der Waals surface area contributed by atoms with Gasteiger partial charge in [-0.05, 0) is 27.7 Å². The lowest BCUT2D eigenvalue weighted by atomic mass is 10.1. The van der Waals surface area contributed by atoms with Crippen LogP contribution in [0.2, 0.25) is 19.6 Å². The maximum Gasteiger partial charge on any atom is 0.164 e. The van der Waals surface area contributed by atoms with Gasteiger partial charge in [-0.1, -0.05) is 19.6 Å². The minimum atomic E-state index is -1.96. The van der Waals surface area contributed by atoms with E-state index in [9.17, 15) is 4.79 Å². The third kappa shape index (κ3) is 3.31.